The number of nitrogen functional groups attached to an aromatic ring is 1. The first-order valence-electron chi connectivity index (χ1n) is 5.92. The Balaban J connectivity index is 2.83. The van der Waals surface area contributed by atoms with Gasteiger partial charge in [-0.05, 0) is 13.0 Å². The van der Waals surface area contributed by atoms with Gasteiger partial charge < -0.3 is 20.7 Å². The third-order valence-corrected chi connectivity index (χ3v) is 2.65. The van der Waals surface area contributed by atoms with Crippen molar-refractivity contribution in [2.24, 2.45) is 0 Å². The molecule has 0 saturated carbocycles. The molecule has 2 unspecified atom stereocenters. The summed E-state index contributed by atoms with van der Waals surface area (Å²) in [5.74, 6) is -0.653. The number of benzene rings is 1. The molecular weight excluding hydrogens is 268 g/mol. The minimum Gasteiger partial charge on any atom is -0.466 e. The summed E-state index contributed by atoms with van der Waals surface area (Å²) in [5.41, 5.74) is 5.46. The lowest BCUT2D eigenvalue weighted by atomic mass is 10.00. The van der Waals surface area contributed by atoms with E-state index in [1.54, 1.807) is 6.92 Å². The van der Waals surface area contributed by atoms with Crippen LogP contribution < -0.4 is 5.73 Å². The van der Waals surface area contributed by atoms with Gasteiger partial charge in [-0.15, -0.1) is 0 Å². The number of aliphatic hydroxyl groups excluding tert-OH is 2. The summed E-state index contributed by atoms with van der Waals surface area (Å²) in [7, 11) is 0. The molecule has 0 saturated heterocycles. The van der Waals surface area contributed by atoms with Crippen LogP contribution in [0.5, 0.6) is 0 Å². The van der Waals surface area contributed by atoms with E-state index in [1.165, 1.54) is 6.07 Å². The zero-order valence-electron chi connectivity index (χ0n) is 10.9. The highest BCUT2D eigenvalue weighted by molar-refractivity contribution is 5.70. The first kappa shape index (κ1) is 15.9. The largest absolute Gasteiger partial charge is 0.466 e. The van der Waals surface area contributed by atoms with Gasteiger partial charge in [-0.2, -0.15) is 0 Å². The number of hydrogen-bond acceptors (Lipinski definition) is 7. The Kier molecular flexibility index (Phi) is 5.42. The smallest absolute Gasteiger partial charge is 0.308 e. The second kappa shape index (κ2) is 6.83. The molecule has 0 bridgehead atoms. The molecule has 2 atom stereocenters. The predicted octanol–water partition coefficient (Wildman–Crippen LogP) is 0.525. The molecule has 0 amide bonds. The average molecular weight is 284 g/mol. The Morgan fingerprint density at radius 1 is 1.50 bits per heavy atom. The highest BCUT2D eigenvalue weighted by atomic mass is 16.6. The number of hydrogen-bond donors (Lipinski definition) is 3. The van der Waals surface area contributed by atoms with Gasteiger partial charge in [-0.25, -0.2) is 0 Å². The van der Waals surface area contributed by atoms with Gasteiger partial charge in [0.1, 0.15) is 6.10 Å². The van der Waals surface area contributed by atoms with E-state index >= 15 is 0 Å². The molecule has 0 spiro atoms. The van der Waals surface area contributed by atoms with Gasteiger partial charge in [0.25, 0.3) is 5.69 Å². The Bertz CT molecular complexity index is 505. The monoisotopic (exact) mass is 284 g/mol. The van der Waals surface area contributed by atoms with Crippen molar-refractivity contribution in [3.8, 4) is 0 Å². The first-order chi connectivity index (χ1) is 9.36. The van der Waals surface area contributed by atoms with E-state index in [-0.39, 0.29) is 23.5 Å². The molecule has 1 rings (SSSR count). The van der Waals surface area contributed by atoms with Crippen LogP contribution in [0.1, 0.15) is 25.0 Å². The number of nitro groups is 1. The van der Waals surface area contributed by atoms with Crippen molar-refractivity contribution >= 4 is 17.3 Å². The fraction of sp³-hybridized carbons (Fsp3) is 0.417. The third kappa shape index (κ3) is 3.90. The molecule has 0 aliphatic rings. The molecule has 0 heterocycles. The molecule has 0 fully saturated rings. The van der Waals surface area contributed by atoms with Crippen LogP contribution >= 0.6 is 0 Å². The number of carbonyl (C=O) groups is 1. The quantitative estimate of drug-likeness (QED) is 0.300. The van der Waals surface area contributed by atoms with Crippen LogP contribution in [-0.2, 0) is 9.53 Å². The van der Waals surface area contributed by atoms with E-state index < -0.39 is 29.5 Å². The van der Waals surface area contributed by atoms with Crippen LogP contribution in [0.4, 0.5) is 11.4 Å². The molecule has 1 aromatic rings. The normalized spacial score (nSPS) is 13.6. The minimum absolute atomic E-state index is 0.0328. The van der Waals surface area contributed by atoms with Gasteiger partial charge in [0, 0.05) is 23.4 Å². The molecule has 0 aliphatic heterocycles. The number of non-ortho nitro benzene ring substituents is 1. The Labute approximate surface area is 114 Å². The van der Waals surface area contributed by atoms with Crippen molar-refractivity contribution in [1.82, 2.24) is 0 Å². The number of esters is 1. The number of nitrogens with zero attached hydrogens (tertiary/aromatic N) is 1. The summed E-state index contributed by atoms with van der Waals surface area (Å²) >= 11 is 0. The van der Waals surface area contributed by atoms with E-state index in [4.69, 9.17) is 5.73 Å². The topological polar surface area (TPSA) is 136 Å². The zero-order valence-corrected chi connectivity index (χ0v) is 10.9. The Hall–Kier alpha value is -2.19. The number of rotatable bonds is 6. The maximum atomic E-state index is 11.2. The number of nitrogens with two attached hydrogens (primary N) is 1. The molecule has 8 nitrogen and oxygen atoms in total. The van der Waals surface area contributed by atoms with Crippen molar-refractivity contribution in [2.45, 2.75) is 25.6 Å². The van der Waals surface area contributed by atoms with Gasteiger partial charge in [-0.1, -0.05) is 0 Å². The Morgan fingerprint density at radius 3 is 2.65 bits per heavy atom. The van der Waals surface area contributed by atoms with Gasteiger partial charge in [0.15, 0.2) is 0 Å². The second-order valence-electron chi connectivity index (χ2n) is 4.09. The van der Waals surface area contributed by atoms with E-state index in [0.717, 1.165) is 12.1 Å². The lowest BCUT2D eigenvalue weighted by Crippen LogP contribution is -2.23. The lowest BCUT2D eigenvalue weighted by Gasteiger charge is -2.18. The molecule has 8 heteroatoms. The molecule has 0 aliphatic carbocycles. The molecule has 20 heavy (non-hydrogen) atoms. The molecule has 0 aromatic heterocycles. The van der Waals surface area contributed by atoms with Crippen molar-refractivity contribution in [1.29, 1.82) is 0 Å². The summed E-state index contributed by atoms with van der Waals surface area (Å²) in [6.07, 6.45) is -3.23. The molecule has 1 aromatic carbocycles. The summed E-state index contributed by atoms with van der Waals surface area (Å²) in [6.45, 7) is 1.79. The first-order valence-corrected chi connectivity index (χ1v) is 5.92. The van der Waals surface area contributed by atoms with Crippen LogP contribution in [0.25, 0.3) is 0 Å². The minimum atomic E-state index is -1.43. The second-order valence-corrected chi connectivity index (χ2v) is 4.09. The molecule has 110 valence electrons. The number of ether oxygens (including phenoxy) is 1. The highest BCUT2D eigenvalue weighted by Gasteiger charge is 2.24. The van der Waals surface area contributed by atoms with Gasteiger partial charge in [-0.3, -0.25) is 14.9 Å². The maximum Gasteiger partial charge on any atom is 0.308 e. The van der Waals surface area contributed by atoms with E-state index in [2.05, 4.69) is 4.74 Å². The molecule has 0 radical (unpaired) electrons. The zero-order chi connectivity index (χ0) is 15.3. The summed E-state index contributed by atoms with van der Waals surface area (Å²) in [4.78, 5) is 21.1. The number of aliphatic hydroxyl groups is 2. The van der Waals surface area contributed by atoms with E-state index in [0.29, 0.717) is 0 Å². The van der Waals surface area contributed by atoms with Crippen LogP contribution in [0, 0.1) is 10.1 Å². The highest BCUT2D eigenvalue weighted by Crippen LogP contribution is 2.28. The van der Waals surface area contributed by atoms with Crippen molar-refractivity contribution in [3.63, 3.8) is 0 Å². The van der Waals surface area contributed by atoms with E-state index in [9.17, 15) is 25.1 Å². The lowest BCUT2D eigenvalue weighted by molar-refractivity contribution is -0.384. The number of carbonyl (C=O) groups excluding carboxylic acids is 1. The standard InChI is InChI=1S/C12H16N2O6/c1-2-20-11(16)6-10(15)12(17)8-4-3-7(14(18)19)5-9(8)13/h3-5,10,12,15,17H,2,6,13H2,1H3. The van der Waals surface area contributed by atoms with Crippen molar-refractivity contribution < 1.29 is 24.7 Å². The fourth-order valence-corrected chi connectivity index (χ4v) is 1.65. The summed E-state index contributed by atoms with van der Waals surface area (Å²) in [5, 5.41) is 30.2. The van der Waals surface area contributed by atoms with Gasteiger partial charge >= 0.3 is 5.97 Å². The van der Waals surface area contributed by atoms with Crippen LogP contribution in [0.3, 0.4) is 0 Å². The third-order valence-electron chi connectivity index (χ3n) is 2.65. The number of anilines is 1. The average Bonchev–Trinajstić information content (AvgIpc) is 2.37. The van der Waals surface area contributed by atoms with Crippen LogP contribution in [-0.4, -0.2) is 33.8 Å². The van der Waals surface area contributed by atoms with Crippen LogP contribution in [0.15, 0.2) is 18.2 Å². The predicted molar refractivity (Wildman–Crippen MR) is 69.7 cm³/mol. The molecular formula is C12H16N2O6. The summed E-state index contributed by atoms with van der Waals surface area (Å²) < 4.78 is 4.65. The Morgan fingerprint density at radius 2 is 2.15 bits per heavy atom. The SMILES string of the molecule is CCOC(=O)CC(O)C(O)c1ccc([N+](=O)[O-])cc1N. The van der Waals surface area contributed by atoms with Crippen LogP contribution in [0.2, 0.25) is 0 Å². The van der Waals surface area contributed by atoms with Gasteiger partial charge in [0.05, 0.1) is 24.1 Å². The molecule has 4 N–H and O–H groups in total. The van der Waals surface area contributed by atoms with Gasteiger partial charge in [0.2, 0.25) is 0 Å². The fourth-order valence-electron chi connectivity index (χ4n) is 1.65. The van der Waals surface area contributed by atoms with Crippen molar-refractivity contribution in [2.75, 3.05) is 12.3 Å². The summed E-state index contributed by atoms with van der Waals surface area (Å²) in [6, 6.07) is 3.48. The number of nitro benzene ring substituents is 1. The maximum absolute atomic E-state index is 11.2. The van der Waals surface area contributed by atoms with E-state index in [1.807, 2.05) is 0 Å². The van der Waals surface area contributed by atoms with Crippen molar-refractivity contribution in [3.05, 3.63) is 33.9 Å².